The third-order valence-electron chi connectivity index (χ3n) is 4.35. The van der Waals surface area contributed by atoms with Gasteiger partial charge in [-0.25, -0.2) is 0 Å². The second-order valence-corrected chi connectivity index (χ2v) is 5.87. The van der Waals surface area contributed by atoms with Gasteiger partial charge in [-0.05, 0) is 36.9 Å². The van der Waals surface area contributed by atoms with Crippen LogP contribution in [0, 0.1) is 11.8 Å². The van der Waals surface area contributed by atoms with E-state index in [1.54, 1.807) is 13.1 Å². The molecule has 0 unspecified atom stereocenters. The van der Waals surface area contributed by atoms with E-state index in [-0.39, 0.29) is 17.6 Å². The van der Waals surface area contributed by atoms with Crippen LogP contribution in [0.3, 0.4) is 0 Å². The van der Waals surface area contributed by atoms with Crippen LogP contribution in [0.1, 0.15) is 25.8 Å². The molecule has 1 aromatic rings. The Hall–Kier alpha value is -0.900. The van der Waals surface area contributed by atoms with Crippen LogP contribution in [0.25, 0.3) is 0 Å². The second-order valence-electron chi connectivity index (χ2n) is 5.46. The van der Waals surface area contributed by atoms with Crippen molar-refractivity contribution in [1.29, 1.82) is 0 Å². The molecule has 104 valence electrons. The van der Waals surface area contributed by atoms with Crippen LogP contribution in [0.2, 0.25) is 5.02 Å². The molecule has 19 heavy (non-hydrogen) atoms. The zero-order valence-corrected chi connectivity index (χ0v) is 12.2. The molecule has 0 heterocycles. The number of halogens is 1. The van der Waals surface area contributed by atoms with Gasteiger partial charge in [0.25, 0.3) is 0 Å². The lowest BCUT2D eigenvalue weighted by atomic mass is 9.64. The zero-order valence-electron chi connectivity index (χ0n) is 11.5. The van der Waals surface area contributed by atoms with E-state index in [0.29, 0.717) is 5.02 Å². The Morgan fingerprint density at radius 3 is 2.58 bits per heavy atom. The largest absolute Gasteiger partial charge is 0.385 e. The average Bonchev–Trinajstić information content (AvgIpc) is 2.39. The highest BCUT2D eigenvalue weighted by Gasteiger charge is 2.52. The van der Waals surface area contributed by atoms with Crippen LogP contribution >= 0.6 is 11.6 Å². The minimum atomic E-state index is -0.945. The number of hydrogen-bond acceptors (Lipinski definition) is 3. The molecule has 1 fully saturated rings. The van der Waals surface area contributed by atoms with E-state index in [1.807, 2.05) is 32.0 Å². The Labute approximate surface area is 119 Å². The molecule has 0 aliphatic heterocycles. The van der Waals surface area contributed by atoms with E-state index in [2.05, 4.69) is 5.32 Å². The van der Waals surface area contributed by atoms with Crippen molar-refractivity contribution in [1.82, 2.24) is 5.32 Å². The van der Waals surface area contributed by atoms with Gasteiger partial charge in [0.2, 0.25) is 0 Å². The Morgan fingerprint density at radius 1 is 1.37 bits per heavy atom. The van der Waals surface area contributed by atoms with Crippen LogP contribution < -0.4 is 5.32 Å². The summed E-state index contributed by atoms with van der Waals surface area (Å²) in [6.07, 6.45) is -0.168. The topological polar surface area (TPSA) is 49.3 Å². The summed E-state index contributed by atoms with van der Waals surface area (Å²) in [6.45, 7) is 3.94. The molecule has 2 N–H and O–H groups in total. The fourth-order valence-corrected chi connectivity index (χ4v) is 3.57. The zero-order chi connectivity index (χ0) is 14.2. The molecule has 0 aromatic heterocycles. The maximum atomic E-state index is 12.7. The van der Waals surface area contributed by atoms with Crippen molar-refractivity contribution in [2.75, 3.05) is 7.05 Å². The summed E-state index contributed by atoms with van der Waals surface area (Å²) in [5.41, 5.74) is -0.146. The third kappa shape index (κ3) is 2.10. The number of nitrogens with one attached hydrogen (secondary N) is 1. The lowest BCUT2D eigenvalue weighted by molar-refractivity contribution is -0.144. The summed E-state index contributed by atoms with van der Waals surface area (Å²) in [5, 5.41) is 13.8. The number of ketones is 1. The maximum absolute atomic E-state index is 12.7. The van der Waals surface area contributed by atoms with Gasteiger partial charge < -0.3 is 10.4 Å². The number of Topliss-reactive ketones (excluding diaryl/α,β-unsaturated/α-hetero) is 1. The van der Waals surface area contributed by atoms with Gasteiger partial charge in [0.15, 0.2) is 5.78 Å². The number of hydrogen-bond donors (Lipinski definition) is 2. The van der Waals surface area contributed by atoms with E-state index in [1.165, 1.54) is 0 Å². The standard InChI is InChI=1S/C15H20ClNO2/c1-9-8-10(2)15(17-3,14(19)13(9)18)11-6-4-5-7-12(11)16/h4-7,9-10,13,17-18H,8H2,1-3H3/t9-,10+,13-,15-/m0/s1. The number of aliphatic hydroxyl groups excluding tert-OH is 1. The van der Waals surface area contributed by atoms with Gasteiger partial charge >= 0.3 is 0 Å². The Kier molecular flexibility index (Phi) is 4.00. The quantitative estimate of drug-likeness (QED) is 0.875. The summed E-state index contributed by atoms with van der Waals surface area (Å²) in [4.78, 5) is 12.7. The van der Waals surface area contributed by atoms with Crippen LogP contribution in [-0.2, 0) is 10.3 Å². The molecule has 4 atom stereocenters. The first kappa shape index (κ1) is 14.5. The molecule has 0 spiro atoms. The fourth-order valence-electron chi connectivity index (χ4n) is 3.28. The van der Waals surface area contributed by atoms with Gasteiger partial charge in [0.1, 0.15) is 11.6 Å². The van der Waals surface area contributed by atoms with Crippen LogP contribution in [0.4, 0.5) is 0 Å². The molecule has 1 aromatic carbocycles. The Morgan fingerprint density at radius 2 is 2.00 bits per heavy atom. The van der Waals surface area contributed by atoms with Crippen molar-refractivity contribution < 1.29 is 9.90 Å². The van der Waals surface area contributed by atoms with Crippen molar-refractivity contribution in [2.45, 2.75) is 31.9 Å². The van der Waals surface area contributed by atoms with Crippen molar-refractivity contribution in [2.24, 2.45) is 11.8 Å². The van der Waals surface area contributed by atoms with Crippen molar-refractivity contribution in [3.8, 4) is 0 Å². The summed E-state index contributed by atoms with van der Waals surface area (Å²) in [7, 11) is 1.75. The molecular weight excluding hydrogens is 262 g/mol. The van der Waals surface area contributed by atoms with Gasteiger partial charge in [-0.1, -0.05) is 43.6 Å². The smallest absolute Gasteiger partial charge is 0.186 e. The summed E-state index contributed by atoms with van der Waals surface area (Å²) in [6, 6.07) is 7.34. The molecule has 0 radical (unpaired) electrons. The molecule has 0 bridgehead atoms. The SMILES string of the molecule is CN[C@@]1(c2ccccc2Cl)C(=O)[C@@H](O)[C@@H](C)C[C@H]1C. The molecule has 0 saturated heterocycles. The number of carbonyl (C=O) groups excluding carboxylic acids is 1. The maximum Gasteiger partial charge on any atom is 0.186 e. The highest BCUT2D eigenvalue weighted by atomic mass is 35.5. The van der Waals surface area contributed by atoms with Crippen molar-refractivity contribution in [3.63, 3.8) is 0 Å². The van der Waals surface area contributed by atoms with Crippen molar-refractivity contribution in [3.05, 3.63) is 34.9 Å². The van der Waals surface area contributed by atoms with E-state index < -0.39 is 11.6 Å². The van der Waals surface area contributed by atoms with Gasteiger partial charge in [0.05, 0.1) is 0 Å². The predicted octanol–water partition coefficient (Wildman–Crippen LogP) is 2.36. The van der Waals surface area contributed by atoms with Gasteiger partial charge in [-0.3, -0.25) is 4.79 Å². The molecule has 2 rings (SSSR count). The van der Waals surface area contributed by atoms with E-state index in [9.17, 15) is 9.90 Å². The number of benzene rings is 1. The summed E-state index contributed by atoms with van der Waals surface area (Å²) < 4.78 is 0. The first-order valence-corrected chi connectivity index (χ1v) is 6.99. The first-order valence-electron chi connectivity index (χ1n) is 6.61. The molecule has 3 nitrogen and oxygen atoms in total. The average molecular weight is 282 g/mol. The van der Waals surface area contributed by atoms with E-state index in [0.717, 1.165) is 12.0 Å². The highest BCUT2D eigenvalue weighted by molar-refractivity contribution is 6.31. The van der Waals surface area contributed by atoms with E-state index in [4.69, 9.17) is 11.6 Å². The lowest BCUT2D eigenvalue weighted by Gasteiger charge is -2.45. The third-order valence-corrected chi connectivity index (χ3v) is 4.68. The second kappa shape index (κ2) is 5.23. The summed E-state index contributed by atoms with van der Waals surface area (Å²) in [5.74, 6) is -0.135. The highest BCUT2D eigenvalue weighted by Crippen LogP contribution is 2.43. The Bertz CT molecular complexity index is 491. The van der Waals surface area contributed by atoms with Crippen LogP contribution in [0.15, 0.2) is 24.3 Å². The van der Waals surface area contributed by atoms with Gasteiger partial charge in [-0.15, -0.1) is 0 Å². The molecular formula is C15H20ClNO2. The molecule has 4 heteroatoms. The lowest BCUT2D eigenvalue weighted by Crippen LogP contribution is -2.61. The summed E-state index contributed by atoms with van der Waals surface area (Å²) >= 11 is 6.27. The Balaban J connectivity index is 2.59. The van der Waals surface area contributed by atoms with Crippen LogP contribution in [0.5, 0.6) is 0 Å². The van der Waals surface area contributed by atoms with Crippen LogP contribution in [-0.4, -0.2) is 24.0 Å². The van der Waals surface area contributed by atoms with Gasteiger partial charge in [-0.2, -0.15) is 0 Å². The first-order chi connectivity index (χ1) is 8.95. The minimum absolute atomic E-state index is 0.0218. The van der Waals surface area contributed by atoms with Crippen molar-refractivity contribution >= 4 is 17.4 Å². The number of likely N-dealkylation sites (N-methyl/N-ethyl adjacent to an activating group) is 1. The molecule has 1 aliphatic carbocycles. The number of rotatable bonds is 2. The molecule has 0 amide bonds. The van der Waals surface area contributed by atoms with Gasteiger partial charge in [0, 0.05) is 5.02 Å². The fraction of sp³-hybridized carbons (Fsp3) is 0.533. The van der Waals surface area contributed by atoms with E-state index >= 15 is 0 Å². The normalized spacial score (nSPS) is 35.4. The molecule has 1 saturated carbocycles. The molecule has 1 aliphatic rings. The number of aliphatic hydroxyl groups is 1. The minimum Gasteiger partial charge on any atom is -0.385 e. The predicted molar refractivity (Wildman–Crippen MR) is 76.1 cm³/mol. The monoisotopic (exact) mass is 281 g/mol. The number of carbonyl (C=O) groups is 1.